The van der Waals surface area contributed by atoms with Crippen LogP contribution < -0.4 is 15.4 Å². The van der Waals surface area contributed by atoms with E-state index in [1.807, 2.05) is 0 Å². The third-order valence-electron chi connectivity index (χ3n) is 7.41. The molecule has 0 radical (unpaired) electrons. The van der Waals surface area contributed by atoms with Gasteiger partial charge in [-0.3, -0.25) is 24.4 Å². The number of ketones is 1. The highest BCUT2D eigenvalue weighted by Gasteiger charge is 2.56. The number of anilines is 1. The molecule has 3 fully saturated rings. The lowest BCUT2D eigenvalue weighted by atomic mass is 10.1. The zero-order chi connectivity index (χ0) is 27.0. The molecule has 3 aliphatic rings. The zero-order valence-corrected chi connectivity index (χ0v) is 21.1. The Morgan fingerprint density at radius 2 is 1.92 bits per heavy atom. The molecule has 2 heterocycles. The number of hydrogen-bond donors (Lipinski definition) is 2. The SMILES string of the molecule is CN=C(C(C)=O)c1ccncc1NCC(=O)N1[C@@H]2C[C@@H]2C[C@H]1C(=O)NC1CC1c1ccc(OC(F)F)cc1. The topological polar surface area (TPSA) is 113 Å². The normalized spacial score (nSPS) is 25.6. The molecule has 1 saturated heterocycles. The van der Waals surface area contributed by atoms with E-state index in [2.05, 4.69) is 25.3 Å². The number of nitrogens with one attached hydrogen (secondary N) is 2. The maximum Gasteiger partial charge on any atom is 0.387 e. The van der Waals surface area contributed by atoms with Gasteiger partial charge in [-0.05, 0) is 48.9 Å². The fourth-order valence-corrected chi connectivity index (χ4v) is 5.42. The third kappa shape index (κ3) is 5.36. The predicted molar refractivity (Wildman–Crippen MR) is 135 cm³/mol. The van der Waals surface area contributed by atoms with Crippen LogP contribution in [0, 0.1) is 5.92 Å². The molecule has 2 N–H and O–H groups in total. The van der Waals surface area contributed by atoms with Gasteiger partial charge in [0.2, 0.25) is 11.8 Å². The number of aliphatic imine (C=N–C) groups is 1. The highest BCUT2D eigenvalue weighted by Crippen LogP contribution is 2.48. The second kappa shape index (κ2) is 10.5. The number of carbonyl (C=O) groups excluding carboxylic acids is 3. The van der Waals surface area contributed by atoms with Crippen LogP contribution in [0.5, 0.6) is 5.75 Å². The molecule has 200 valence electrons. The number of piperidine rings is 1. The number of nitrogens with zero attached hydrogens (tertiary/aromatic N) is 3. The molecule has 5 atom stereocenters. The molecule has 2 amide bonds. The Bertz CT molecular complexity index is 1270. The van der Waals surface area contributed by atoms with Crippen molar-refractivity contribution in [3.05, 3.63) is 53.9 Å². The molecule has 2 unspecified atom stereocenters. The van der Waals surface area contributed by atoms with Crippen molar-refractivity contribution in [2.75, 3.05) is 18.9 Å². The summed E-state index contributed by atoms with van der Waals surface area (Å²) in [5.74, 6) is -0.0325. The van der Waals surface area contributed by atoms with Crippen LogP contribution in [-0.4, -0.2) is 71.5 Å². The van der Waals surface area contributed by atoms with Crippen molar-refractivity contribution in [2.24, 2.45) is 10.9 Å². The van der Waals surface area contributed by atoms with Crippen molar-refractivity contribution in [1.29, 1.82) is 0 Å². The summed E-state index contributed by atoms with van der Waals surface area (Å²) in [5.41, 5.74) is 2.32. The van der Waals surface area contributed by atoms with Gasteiger partial charge in [-0.15, -0.1) is 0 Å². The Labute approximate surface area is 218 Å². The molecule has 5 rings (SSSR count). The molecule has 1 aromatic heterocycles. The maximum atomic E-state index is 13.3. The van der Waals surface area contributed by atoms with Crippen molar-refractivity contribution in [3.63, 3.8) is 0 Å². The Kier molecular flexibility index (Phi) is 7.09. The minimum Gasteiger partial charge on any atom is -0.435 e. The molecular formula is C27H29F2N5O4. The fourth-order valence-electron chi connectivity index (χ4n) is 5.42. The van der Waals surface area contributed by atoms with Crippen molar-refractivity contribution >= 4 is 29.0 Å². The first-order valence-corrected chi connectivity index (χ1v) is 12.6. The minimum absolute atomic E-state index is 0.0420. The van der Waals surface area contributed by atoms with Crippen molar-refractivity contribution in [3.8, 4) is 5.75 Å². The first-order chi connectivity index (χ1) is 18.3. The summed E-state index contributed by atoms with van der Waals surface area (Å²) in [7, 11) is 1.54. The van der Waals surface area contributed by atoms with E-state index < -0.39 is 12.7 Å². The largest absolute Gasteiger partial charge is 0.435 e. The number of fused-ring (bicyclic) bond motifs is 1. The van der Waals surface area contributed by atoms with E-state index in [4.69, 9.17) is 0 Å². The number of rotatable bonds is 10. The predicted octanol–water partition coefficient (Wildman–Crippen LogP) is 2.76. The number of hydrogen-bond acceptors (Lipinski definition) is 7. The zero-order valence-electron chi connectivity index (χ0n) is 21.1. The van der Waals surface area contributed by atoms with E-state index in [-0.39, 0.29) is 47.9 Å². The molecule has 0 spiro atoms. The summed E-state index contributed by atoms with van der Waals surface area (Å²) in [4.78, 5) is 48.2. The molecule has 0 bridgehead atoms. The second-order valence-electron chi connectivity index (χ2n) is 9.92. The second-order valence-corrected chi connectivity index (χ2v) is 9.92. The van der Waals surface area contributed by atoms with Crippen LogP contribution in [0.2, 0.25) is 0 Å². The smallest absolute Gasteiger partial charge is 0.387 e. The lowest BCUT2D eigenvalue weighted by Gasteiger charge is -2.27. The van der Waals surface area contributed by atoms with Crippen LogP contribution in [0.15, 0.2) is 47.7 Å². The number of aromatic nitrogens is 1. The number of ether oxygens (including phenoxy) is 1. The Hall–Kier alpha value is -3.89. The van der Waals surface area contributed by atoms with Crippen LogP contribution in [0.3, 0.4) is 0 Å². The number of benzene rings is 1. The number of halogens is 2. The standard InChI is InChI=1S/C27H29F2N5O4/c1-14(35)25(30-2)18-7-8-31-12-21(18)32-13-24(36)34-22-9-16(22)10-23(34)26(37)33-20-11-19(20)15-3-5-17(6-4-15)38-27(28)29/h3-8,12,16,19-20,22-23,27,32H,9-11,13H2,1-2H3,(H,33,37)/t16-,19?,20?,22-,23+/m1/s1. The average Bonchev–Trinajstić information content (AvgIpc) is 3.80. The average molecular weight is 526 g/mol. The monoisotopic (exact) mass is 525 g/mol. The molecule has 2 saturated carbocycles. The Balaban J connectivity index is 1.19. The molecular weight excluding hydrogens is 496 g/mol. The van der Waals surface area contributed by atoms with Gasteiger partial charge in [-0.25, -0.2) is 0 Å². The van der Waals surface area contributed by atoms with Crippen molar-refractivity contribution in [1.82, 2.24) is 15.2 Å². The van der Waals surface area contributed by atoms with E-state index in [9.17, 15) is 23.2 Å². The van der Waals surface area contributed by atoms with Gasteiger partial charge in [0, 0.05) is 43.7 Å². The van der Waals surface area contributed by atoms with Gasteiger partial charge in [-0.2, -0.15) is 8.78 Å². The first kappa shape index (κ1) is 25.7. The highest BCUT2D eigenvalue weighted by molar-refractivity contribution is 6.46. The summed E-state index contributed by atoms with van der Waals surface area (Å²) >= 11 is 0. The lowest BCUT2D eigenvalue weighted by Crippen LogP contribution is -2.50. The van der Waals surface area contributed by atoms with Crippen LogP contribution >= 0.6 is 0 Å². The molecule has 1 aliphatic heterocycles. The van der Waals surface area contributed by atoms with Gasteiger partial charge in [0.25, 0.3) is 0 Å². The molecule has 1 aromatic carbocycles. The quantitative estimate of drug-likeness (QED) is 0.462. The Morgan fingerprint density at radius 3 is 2.61 bits per heavy atom. The van der Waals surface area contributed by atoms with Crippen LogP contribution in [0.25, 0.3) is 0 Å². The number of likely N-dealkylation sites (tertiary alicyclic amines) is 1. The van der Waals surface area contributed by atoms with Crippen molar-refractivity contribution in [2.45, 2.75) is 56.8 Å². The molecule has 9 nitrogen and oxygen atoms in total. The van der Waals surface area contributed by atoms with Gasteiger partial charge >= 0.3 is 6.61 Å². The molecule has 38 heavy (non-hydrogen) atoms. The van der Waals surface area contributed by atoms with Gasteiger partial charge in [0.1, 0.15) is 17.5 Å². The van der Waals surface area contributed by atoms with Gasteiger partial charge in [-0.1, -0.05) is 12.1 Å². The number of Topliss-reactive ketones (excluding diaryl/α,β-unsaturated/α-hetero) is 1. The minimum atomic E-state index is -2.87. The molecule has 11 heteroatoms. The third-order valence-corrected chi connectivity index (χ3v) is 7.41. The maximum absolute atomic E-state index is 13.3. The number of carbonyl (C=O) groups is 3. The van der Waals surface area contributed by atoms with Crippen LogP contribution in [0.1, 0.15) is 43.2 Å². The van der Waals surface area contributed by atoms with E-state index in [1.54, 1.807) is 35.5 Å². The number of amides is 2. The van der Waals surface area contributed by atoms with Gasteiger partial charge in [0.05, 0.1) is 18.4 Å². The van der Waals surface area contributed by atoms with E-state index in [1.165, 1.54) is 26.1 Å². The molecule has 2 aliphatic carbocycles. The summed E-state index contributed by atoms with van der Waals surface area (Å²) in [6, 6.07) is 7.59. The van der Waals surface area contributed by atoms with E-state index in [0.29, 0.717) is 29.3 Å². The summed E-state index contributed by atoms with van der Waals surface area (Å²) in [6.07, 6.45) is 5.38. The number of alkyl halides is 2. The van der Waals surface area contributed by atoms with Crippen LogP contribution in [0.4, 0.5) is 14.5 Å². The first-order valence-electron chi connectivity index (χ1n) is 12.6. The van der Waals surface area contributed by atoms with Crippen LogP contribution in [-0.2, 0) is 14.4 Å². The lowest BCUT2D eigenvalue weighted by molar-refractivity contribution is -0.138. The van der Waals surface area contributed by atoms with E-state index in [0.717, 1.165) is 18.4 Å². The van der Waals surface area contributed by atoms with E-state index >= 15 is 0 Å². The summed E-state index contributed by atoms with van der Waals surface area (Å²) in [6.45, 7) is -1.48. The molecule has 2 aromatic rings. The fraction of sp³-hybridized carbons (Fsp3) is 0.444. The summed E-state index contributed by atoms with van der Waals surface area (Å²) < 4.78 is 29.1. The van der Waals surface area contributed by atoms with Gasteiger partial charge in [0.15, 0.2) is 5.78 Å². The van der Waals surface area contributed by atoms with Crippen molar-refractivity contribution < 1.29 is 27.9 Å². The Morgan fingerprint density at radius 1 is 1.16 bits per heavy atom. The summed E-state index contributed by atoms with van der Waals surface area (Å²) in [5, 5.41) is 6.15. The van der Waals surface area contributed by atoms with Gasteiger partial charge < -0.3 is 20.3 Å². The highest BCUT2D eigenvalue weighted by atomic mass is 19.3. The number of pyridine rings is 1.